The molecule has 0 saturated heterocycles. The Balaban J connectivity index is 1.76. The van der Waals surface area contributed by atoms with Crippen molar-refractivity contribution in [1.82, 2.24) is 16.0 Å². The third kappa shape index (κ3) is 9.90. The zero-order valence-electron chi connectivity index (χ0n) is 22.3. The van der Waals surface area contributed by atoms with Crippen LogP contribution >= 0.6 is 0 Å². The number of phenols is 1. The van der Waals surface area contributed by atoms with E-state index in [4.69, 9.17) is 0 Å². The second-order valence-electron chi connectivity index (χ2n) is 10.1. The molecule has 0 heterocycles. The molecule has 1 unspecified atom stereocenters. The highest BCUT2D eigenvalue weighted by Crippen LogP contribution is 2.14. The van der Waals surface area contributed by atoms with Crippen molar-refractivity contribution < 1.29 is 24.6 Å². The van der Waals surface area contributed by atoms with E-state index >= 15 is 0 Å². The maximum atomic E-state index is 13.5. The Kier molecular flexibility index (Phi) is 11.1. The molecule has 2 amide bonds. The van der Waals surface area contributed by atoms with E-state index in [9.17, 15) is 24.6 Å². The van der Waals surface area contributed by atoms with E-state index in [1.807, 2.05) is 74.5 Å². The first-order valence-corrected chi connectivity index (χ1v) is 13.1. The van der Waals surface area contributed by atoms with Gasteiger partial charge in [-0.05, 0) is 47.6 Å². The van der Waals surface area contributed by atoms with Crippen LogP contribution in [0.15, 0.2) is 84.9 Å². The number of carboxylic acids is 1. The van der Waals surface area contributed by atoms with Gasteiger partial charge in [0.05, 0.1) is 6.04 Å². The van der Waals surface area contributed by atoms with Crippen molar-refractivity contribution in [3.8, 4) is 5.75 Å². The number of carbonyl (C=O) groups is 3. The van der Waals surface area contributed by atoms with Crippen LogP contribution in [0.25, 0.3) is 0 Å². The average molecular weight is 532 g/mol. The molecule has 3 rings (SSSR count). The minimum atomic E-state index is -1.09. The van der Waals surface area contributed by atoms with Crippen molar-refractivity contribution in [3.63, 3.8) is 0 Å². The number of phenolic OH excluding ortho intramolecular Hbond substituents is 1. The monoisotopic (exact) mass is 531 g/mol. The third-order valence-electron chi connectivity index (χ3n) is 6.33. The number of hydrogen-bond acceptors (Lipinski definition) is 5. The lowest BCUT2D eigenvalue weighted by molar-refractivity contribution is -0.140. The number of amides is 2. The van der Waals surface area contributed by atoms with Crippen molar-refractivity contribution >= 4 is 17.8 Å². The van der Waals surface area contributed by atoms with Gasteiger partial charge < -0.3 is 20.8 Å². The molecule has 0 fully saturated rings. The van der Waals surface area contributed by atoms with Gasteiger partial charge in [-0.15, -0.1) is 0 Å². The van der Waals surface area contributed by atoms with Crippen LogP contribution in [0.4, 0.5) is 0 Å². The molecular formula is C31H37N3O5. The van der Waals surface area contributed by atoms with E-state index in [1.54, 1.807) is 12.1 Å². The maximum absolute atomic E-state index is 13.5. The fourth-order valence-corrected chi connectivity index (χ4v) is 4.29. The van der Waals surface area contributed by atoms with Gasteiger partial charge in [-0.2, -0.15) is 0 Å². The van der Waals surface area contributed by atoms with Gasteiger partial charge in [0.15, 0.2) is 0 Å². The Labute approximate surface area is 229 Å². The molecular weight excluding hydrogens is 494 g/mol. The predicted octanol–water partition coefficient (Wildman–Crippen LogP) is 3.44. The molecule has 5 N–H and O–H groups in total. The van der Waals surface area contributed by atoms with Crippen LogP contribution in [0.1, 0.15) is 37.0 Å². The average Bonchev–Trinajstić information content (AvgIpc) is 2.92. The molecule has 0 spiro atoms. The molecule has 0 aliphatic heterocycles. The first kappa shape index (κ1) is 29.4. The Morgan fingerprint density at radius 1 is 0.692 bits per heavy atom. The largest absolute Gasteiger partial charge is 0.508 e. The number of carboxylic acid groups (broad SMARTS) is 1. The number of aromatic hydroxyl groups is 1. The molecule has 0 aliphatic carbocycles. The third-order valence-corrected chi connectivity index (χ3v) is 6.33. The molecule has 0 radical (unpaired) electrons. The molecule has 8 nitrogen and oxygen atoms in total. The van der Waals surface area contributed by atoms with Crippen LogP contribution in [0, 0.1) is 5.92 Å². The normalized spacial score (nSPS) is 13.3. The van der Waals surface area contributed by atoms with Crippen molar-refractivity contribution in [3.05, 3.63) is 102 Å². The molecule has 3 aromatic carbocycles. The van der Waals surface area contributed by atoms with Crippen LogP contribution in [0.5, 0.6) is 5.75 Å². The number of rotatable bonds is 14. The molecule has 3 atom stereocenters. The number of carbonyl (C=O) groups excluding carboxylic acids is 2. The number of aliphatic carboxylic acids is 1. The SMILES string of the molecule is CC(C)CC(N[C@H](Cc1ccc(O)cc1)C(=O)O)C(=O)N[C@@H](Cc1ccccc1)C(=O)NCc1ccccc1. The van der Waals surface area contributed by atoms with Crippen LogP contribution in [-0.2, 0) is 33.8 Å². The molecule has 0 bridgehead atoms. The van der Waals surface area contributed by atoms with Crippen LogP contribution < -0.4 is 16.0 Å². The van der Waals surface area contributed by atoms with Gasteiger partial charge in [0.25, 0.3) is 0 Å². The van der Waals surface area contributed by atoms with Crippen LogP contribution in [0.2, 0.25) is 0 Å². The second kappa shape index (κ2) is 14.7. The van der Waals surface area contributed by atoms with Gasteiger partial charge in [-0.3, -0.25) is 19.7 Å². The quantitative estimate of drug-likeness (QED) is 0.217. The summed E-state index contributed by atoms with van der Waals surface area (Å²) >= 11 is 0. The molecule has 206 valence electrons. The van der Waals surface area contributed by atoms with Crippen molar-refractivity contribution in [2.24, 2.45) is 5.92 Å². The predicted molar refractivity (Wildman–Crippen MR) is 150 cm³/mol. The van der Waals surface area contributed by atoms with Crippen molar-refractivity contribution in [2.75, 3.05) is 0 Å². The molecule has 0 saturated carbocycles. The summed E-state index contributed by atoms with van der Waals surface area (Å²) in [6, 6.07) is 22.5. The lowest BCUT2D eigenvalue weighted by Gasteiger charge is -2.27. The topological polar surface area (TPSA) is 128 Å². The Morgan fingerprint density at radius 2 is 1.23 bits per heavy atom. The van der Waals surface area contributed by atoms with Gasteiger partial charge in [0, 0.05) is 13.0 Å². The molecule has 39 heavy (non-hydrogen) atoms. The van der Waals surface area contributed by atoms with E-state index in [0.717, 1.165) is 11.1 Å². The second-order valence-corrected chi connectivity index (χ2v) is 10.1. The van der Waals surface area contributed by atoms with Gasteiger partial charge in [0.1, 0.15) is 17.8 Å². The summed E-state index contributed by atoms with van der Waals surface area (Å²) < 4.78 is 0. The first-order valence-electron chi connectivity index (χ1n) is 13.1. The van der Waals surface area contributed by atoms with E-state index < -0.39 is 30.0 Å². The minimum Gasteiger partial charge on any atom is -0.508 e. The Morgan fingerprint density at radius 3 is 1.79 bits per heavy atom. The van der Waals surface area contributed by atoms with E-state index in [1.165, 1.54) is 12.1 Å². The van der Waals surface area contributed by atoms with Crippen molar-refractivity contribution in [2.45, 2.75) is 57.8 Å². The number of nitrogens with one attached hydrogen (secondary N) is 3. The molecule has 0 aliphatic rings. The Hall–Kier alpha value is -4.17. The smallest absolute Gasteiger partial charge is 0.321 e. The highest BCUT2D eigenvalue weighted by Gasteiger charge is 2.30. The van der Waals surface area contributed by atoms with Crippen LogP contribution in [0.3, 0.4) is 0 Å². The van der Waals surface area contributed by atoms with E-state index in [-0.39, 0.29) is 30.4 Å². The highest BCUT2D eigenvalue weighted by molar-refractivity contribution is 5.90. The van der Waals surface area contributed by atoms with Crippen molar-refractivity contribution in [1.29, 1.82) is 0 Å². The van der Waals surface area contributed by atoms with Gasteiger partial charge in [-0.25, -0.2) is 0 Å². The zero-order chi connectivity index (χ0) is 28.2. The molecule has 3 aromatic rings. The Bertz CT molecular complexity index is 1200. The fraction of sp³-hybridized carbons (Fsp3) is 0.323. The van der Waals surface area contributed by atoms with E-state index in [2.05, 4.69) is 16.0 Å². The van der Waals surface area contributed by atoms with Gasteiger partial charge in [-0.1, -0.05) is 86.6 Å². The van der Waals surface area contributed by atoms with E-state index in [0.29, 0.717) is 18.5 Å². The fourth-order valence-electron chi connectivity index (χ4n) is 4.29. The molecule has 8 heteroatoms. The number of benzene rings is 3. The summed E-state index contributed by atoms with van der Waals surface area (Å²) in [5.41, 5.74) is 2.54. The summed E-state index contributed by atoms with van der Waals surface area (Å²) in [6.07, 6.45) is 0.800. The molecule has 0 aromatic heterocycles. The standard InChI is InChI=1S/C31H37N3O5/c1-21(2)17-26(33-28(31(38)39)19-23-13-15-25(35)16-14-23)30(37)34-27(18-22-9-5-3-6-10-22)29(36)32-20-24-11-7-4-8-12-24/h3-16,21,26-28,33,35H,17-20H2,1-2H3,(H,32,36)(H,34,37)(H,38,39)/t26?,27-,28+/m0/s1. The lowest BCUT2D eigenvalue weighted by atomic mass is 9.98. The van der Waals surface area contributed by atoms with Crippen LogP contribution in [-0.4, -0.2) is 46.1 Å². The minimum absolute atomic E-state index is 0.0886. The summed E-state index contributed by atoms with van der Waals surface area (Å²) in [5.74, 6) is -1.66. The first-order chi connectivity index (χ1) is 18.7. The van der Waals surface area contributed by atoms with Gasteiger partial charge in [0.2, 0.25) is 11.8 Å². The number of hydrogen-bond donors (Lipinski definition) is 5. The maximum Gasteiger partial charge on any atom is 0.321 e. The zero-order valence-corrected chi connectivity index (χ0v) is 22.3. The summed E-state index contributed by atoms with van der Waals surface area (Å²) in [4.78, 5) is 38.9. The summed E-state index contributed by atoms with van der Waals surface area (Å²) in [7, 11) is 0. The highest BCUT2D eigenvalue weighted by atomic mass is 16.4. The summed E-state index contributed by atoms with van der Waals surface area (Å²) in [6.45, 7) is 4.22. The lowest BCUT2D eigenvalue weighted by Crippen LogP contribution is -2.56. The summed E-state index contributed by atoms with van der Waals surface area (Å²) in [5, 5.41) is 28.2. The van der Waals surface area contributed by atoms with Gasteiger partial charge >= 0.3 is 5.97 Å².